The van der Waals surface area contributed by atoms with Crippen molar-refractivity contribution in [3.05, 3.63) is 88.7 Å². The van der Waals surface area contributed by atoms with Crippen LogP contribution in [0, 0.1) is 5.92 Å². The van der Waals surface area contributed by atoms with Gasteiger partial charge in [0.15, 0.2) is 5.78 Å². The molecule has 2 aromatic carbocycles. The van der Waals surface area contributed by atoms with Gasteiger partial charge in [0.25, 0.3) is 0 Å². The number of ketones is 1. The first kappa shape index (κ1) is 17.2. The Morgan fingerprint density at radius 2 is 1.86 bits per heavy atom. The Hall–Kier alpha value is -2.91. The first-order valence-corrected chi connectivity index (χ1v) is 10.1. The number of carbonyl (C=O) groups excluding carboxylic acids is 1. The molecule has 2 aliphatic carbocycles. The van der Waals surface area contributed by atoms with Crippen molar-refractivity contribution < 1.29 is 4.79 Å². The molecule has 1 aliphatic heterocycles. The second-order valence-electron chi connectivity index (χ2n) is 7.81. The molecule has 1 heterocycles. The zero-order valence-corrected chi connectivity index (χ0v) is 15.9. The highest BCUT2D eigenvalue weighted by molar-refractivity contribution is 5.94. The molecule has 0 amide bonds. The quantitative estimate of drug-likeness (QED) is 0.852. The summed E-state index contributed by atoms with van der Waals surface area (Å²) in [6.07, 6.45) is 10.9. The molecule has 0 aromatic heterocycles. The minimum absolute atomic E-state index is 0.0975. The van der Waals surface area contributed by atoms with Crippen LogP contribution in [-0.4, -0.2) is 18.9 Å². The van der Waals surface area contributed by atoms with E-state index in [1.165, 1.54) is 39.0 Å². The summed E-state index contributed by atoms with van der Waals surface area (Å²) in [4.78, 5) is 11.8. The molecule has 3 N–H and O–H groups in total. The number of hydrogen-bond donors (Lipinski definition) is 2. The Kier molecular flexibility index (Phi) is 4.25. The lowest BCUT2D eigenvalue weighted by Crippen LogP contribution is -2.25. The zero-order chi connectivity index (χ0) is 19.1. The second-order valence-corrected chi connectivity index (χ2v) is 7.81. The molecule has 140 valence electrons. The Bertz CT molecular complexity index is 1060. The van der Waals surface area contributed by atoms with Gasteiger partial charge in [-0.1, -0.05) is 48.6 Å². The summed E-state index contributed by atoms with van der Waals surface area (Å²) in [5.74, 6) is 0.414. The van der Waals surface area contributed by atoms with E-state index in [1.807, 2.05) is 12.2 Å². The van der Waals surface area contributed by atoms with E-state index in [0.717, 1.165) is 25.0 Å². The number of aryl methyl sites for hydroxylation is 1. The third kappa shape index (κ3) is 2.83. The third-order valence-electron chi connectivity index (χ3n) is 6.13. The van der Waals surface area contributed by atoms with Crippen LogP contribution in [0.2, 0.25) is 0 Å². The van der Waals surface area contributed by atoms with Gasteiger partial charge in [0.1, 0.15) is 0 Å². The van der Waals surface area contributed by atoms with Crippen LogP contribution in [0.5, 0.6) is 0 Å². The molecular weight excluding hydrogens is 344 g/mol. The summed E-state index contributed by atoms with van der Waals surface area (Å²) in [7, 11) is 0. The molecule has 0 fully saturated rings. The molecule has 0 radical (unpaired) electrons. The Labute approximate surface area is 165 Å². The lowest BCUT2D eigenvalue weighted by atomic mass is 9.75. The monoisotopic (exact) mass is 368 g/mol. The van der Waals surface area contributed by atoms with Crippen molar-refractivity contribution in [3.8, 4) is 11.1 Å². The Morgan fingerprint density at radius 1 is 1.00 bits per heavy atom. The molecule has 2 aromatic rings. The van der Waals surface area contributed by atoms with Crippen molar-refractivity contribution >= 4 is 11.4 Å². The summed E-state index contributed by atoms with van der Waals surface area (Å²) in [6, 6.07) is 13.3. The van der Waals surface area contributed by atoms with Crippen LogP contribution in [0.25, 0.3) is 16.7 Å². The summed E-state index contributed by atoms with van der Waals surface area (Å²) in [5.41, 5.74) is 16.7. The maximum Gasteiger partial charge on any atom is 0.174 e. The van der Waals surface area contributed by atoms with Gasteiger partial charge in [-0.15, -0.1) is 0 Å². The fourth-order valence-corrected chi connectivity index (χ4v) is 4.75. The normalized spacial score (nSPS) is 20.2. The van der Waals surface area contributed by atoms with Crippen molar-refractivity contribution in [2.24, 2.45) is 11.7 Å². The van der Waals surface area contributed by atoms with Crippen molar-refractivity contribution in [2.45, 2.75) is 19.3 Å². The van der Waals surface area contributed by atoms with Crippen LogP contribution in [0.1, 0.15) is 22.3 Å². The second kappa shape index (κ2) is 6.92. The predicted molar refractivity (Wildman–Crippen MR) is 114 cm³/mol. The highest BCUT2D eigenvalue weighted by atomic mass is 16.1. The lowest BCUT2D eigenvalue weighted by molar-refractivity contribution is -0.113. The number of fused-ring (bicyclic) bond motifs is 5. The van der Waals surface area contributed by atoms with E-state index in [0.29, 0.717) is 19.0 Å². The predicted octanol–water partition coefficient (Wildman–Crippen LogP) is 3.58. The molecule has 1 unspecified atom stereocenters. The van der Waals surface area contributed by atoms with Crippen LogP contribution in [0.3, 0.4) is 0 Å². The van der Waals surface area contributed by atoms with E-state index < -0.39 is 0 Å². The van der Waals surface area contributed by atoms with Crippen LogP contribution in [0.15, 0.2) is 66.4 Å². The molecule has 28 heavy (non-hydrogen) atoms. The topological polar surface area (TPSA) is 55.1 Å². The van der Waals surface area contributed by atoms with Crippen molar-refractivity contribution in [1.29, 1.82) is 0 Å². The molecule has 5 rings (SSSR count). The van der Waals surface area contributed by atoms with E-state index in [1.54, 1.807) is 6.08 Å². The van der Waals surface area contributed by atoms with Gasteiger partial charge in [-0.2, -0.15) is 0 Å². The highest BCUT2D eigenvalue weighted by Gasteiger charge is 2.27. The molecule has 3 aliphatic rings. The fraction of sp³-hybridized carbons (Fsp3) is 0.240. The number of allylic oxidation sites excluding steroid dienone is 3. The standard InChI is InChI=1S/C25H24N2O/c26-14-16-12-23-21-9-8-17-4-1-2-6-19(17)20(21)10-11-22(23)24(13-16)25-7-3-5-18(28)15-27-25/h1-7,10-11,13,16,27H,8-9,12,14-15,26H2. The third-order valence-corrected chi connectivity index (χ3v) is 6.13. The molecule has 0 spiro atoms. The average Bonchev–Trinajstić information content (AvgIpc) is 2.96. The maximum absolute atomic E-state index is 11.8. The maximum atomic E-state index is 11.8. The Balaban J connectivity index is 1.64. The van der Waals surface area contributed by atoms with Gasteiger partial charge in [0.2, 0.25) is 0 Å². The van der Waals surface area contributed by atoms with Crippen LogP contribution in [-0.2, 0) is 24.1 Å². The molecule has 3 nitrogen and oxygen atoms in total. The number of nitrogens with one attached hydrogen (secondary N) is 1. The average molecular weight is 368 g/mol. The van der Waals surface area contributed by atoms with E-state index >= 15 is 0 Å². The summed E-state index contributed by atoms with van der Waals surface area (Å²) >= 11 is 0. The van der Waals surface area contributed by atoms with E-state index in [-0.39, 0.29) is 5.78 Å². The number of nitrogens with two attached hydrogens (primary N) is 1. The molecule has 3 heteroatoms. The molecule has 0 saturated carbocycles. The van der Waals surface area contributed by atoms with Gasteiger partial charge in [-0.25, -0.2) is 0 Å². The van der Waals surface area contributed by atoms with Gasteiger partial charge >= 0.3 is 0 Å². The van der Waals surface area contributed by atoms with Crippen LogP contribution < -0.4 is 11.1 Å². The molecule has 0 saturated heterocycles. The van der Waals surface area contributed by atoms with Gasteiger partial charge in [-0.3, -0.25) is 4.79 Å². The van der Waals surface area contributed by atoms with Crippen LogP contribution >= 0.6 is 0 Å². The minimum Gasteiger partial charge on any atom is -0.377 e. The number of rotatable bonds is 2. The van der Waals surface area contributed by atoms with Gasteiger partial charge in [0, 0.05) is 11.3 Å². The fourth-order valence-electron chi connectivity index (χ4n) is 4.75. The van der Waals surface area contributed by atoms with Crippen molar-refractivity contribution in [3.63, 3.8) is 0 Å². The first-order chi connectivity index (χ1) is 13.7. The number of benzene rings is 2. The van der Waals surface area contributed by atoms with Crippen LogP contribution in [0.4, 0.5) is 0 Å². The molecule has 1 atom stereocenters. The van der Waals surface area contributed by atoms with Crippen molar-refractivity contribution in [2.75, 3.05) is 13.1 Å². The minimum atomic E-state index is 0.0975. The zero-order valence-electron chi connectivity index (χ0n) is 15.9. The van der Waals surface area contributed by atoms with E-state index in [2.05, 4.69) is 47.8 Å². The van der Waals surface area contributed by atoms with E-state index in [9.17, 15) is 4.79 Å². The molecular formula is C25H24N2O. The SMILES string of the molecule is NCC1C=C(C2=CC=CC(=O)CN2)c2ccc3c(c2C1)CCc1ccccc1-3. The lowest BCUT2D eigenvalue weighted by Gasteiger charge is -2.31. The summed E-state index contributed by atoms with van der Waals surface area (Å²) in [6.45, 7) is 0.964. The largest absolute Gasteiger partial charge is 0.377 e. The summed E-state index contributed by atoms with van der Waals surface area (Å²) < 4.78 is 0. The van der Waals surface area contributed by atoms with Crippen molar-refractivity contribution in [1.82, 2.24) is 5.32 Å². The van der Waals surface area contributed by atoms with Gasteiger partial charge < -0.3 is 11.1 Å². The number of carbonyl (C=O) groups is 1. The summed E-state index contributed by atoms with van der Waals surface area (Å²) in [5, 5.41) is 3.32. The first-order valence-electron chi connectivity index (χ1n) is 10.1. The van der Waals surface area contributed by atoms with E-state index in [4.69, 9.17) is 5.73 Å². The van der Waals surface area contributed by atoms with Gasteiger partial charge in [-0.05, 0) is 77.3 Å². The number of hydrogen-bond acceptors (Lipinski definition) is 3. The highest BCUT2D eigenvalue weighted by Crippen LogP contribution is 2.42. The smallest absolute Gasteiger partial charge is 0.174 e. The molecule has 0 bridgehead atoms. The van der Waals surface area contributed by atoms with Gasteiger partial charge in [0.05, 0.1) is 6.54 Å². The Morgan fingerprint density at radius 3 is 2.75 bits per heavy atom.